The highest BCUT2D eigenvalue weighted by molar-refractivity contribution is 5.97. The van der Waals surface area contributed by atoms with E-state index < -0.39 is 0 Å². The lowest BCUT2D eigenvalue weighted by Crippen LogP contribution is -2.64. The standard InChI is InChI=1S/C15H26N2O2/c1-6-7-8-17-12(9-10(2)3)14(18)16-13(11(4)5)15(17)19/h6-7,10-13H,8-9H2,1-5H3,(H,16,18)/b7-6+. The lowest BCUT2D eigenvalue weighted by Gasteiger charge is -2.40. The SMILES string of the molecule is C/C=C/CN1C(=O)C(C(C)C)NC(=O)C1CC(C)C. The zero-order valence-electron chi connectivity index (χ0n) is 12.6. The summed E-state index contributed by atoms with van der Waals surface area (Å²) in [6.45, 7) is 10.5. The molecule has 1 N–H and O–H groups in total. The van der Waals surface area contributed by atoms with Gasteiger partial charge in [-0.3, -0.25) is 9.59 Å². The first-order valence-corrected chi connectivity index (χ1v) is 7.10. The maximum atomic E-state index is 12.5. The Labute approximate surface area is 116 Å². The number of hydrogen-bond acceptors (Lipinski definition) is 2. The maximum Gasteiger partial charge on any atom is 0.246 e. The van der Waals surface area contributed by atoms with Gasteiger partial charge in [-0.2, -0.15) is 0 Å². The predicted molar refractivity (Wildman–Crippen MR) is 76.5 cm³/mol. The van der Waals surface area contributed by atoms with Crippen LogP contribution in [0.3, 0.4) is 0 Å². The van der Waals surface area contributed by atoms with Crippen LogP contribution in [0.15, 0.2) is 12.2 Å². The molecule has 4 nitrogen and oxygen atoms in total. The average molecular weight is 266 g/mol. The van der Waals surface area contributed by atoms with Gasteiger partial charge in [0.15, 0.2) is 0 Å². The van der Waals surface area contributed by atoms with Crippen LogP contribution in [0.25, 0.3) is 0 Å². The number of amides is 2. The third-order valence-corrected chi connectivity index (χ3v) is 3.42. The van der Waals surface area contributed by atoms with Crippen molar-refractivity contribution in [1.82, 2.24) is 10.2 Å². The molecule has 0 aliphatic carbocycles. The molecule has 1 saturated heterocycles. The van der Waals surface area contributed by atoms with Gasteiger partial charge < -0.3 is 10.2 Å². The van der Waals surface area contributed by atoms with E-state index in [1.54, 1.807) is 4.90 Å². The van der Waals surface area contributed by atoms with Crippen LogP contribution in [-0.2, 0) is 9.59 Å². The smallest absolute Gasteiger partial charge is 0.246 e. The first-order chi connectivity index (χ1) is 8.88. The zero-order valence-corrected chi connectivity index (χ0v) is 12.6. The fourth-order valence-electron chi connectivity index (χ4n) is 2.35. The normalized spacial score (nSPS) is 24.7. The highest BCUT2D eigenvalue weighted by atomic mass is 16.2. The van der Waals surface area contributed by atoms with E-state index in [-0.39, 0.29) is 29.8 Å². The third kappa shape index (κ3) is 3.82. The molecule has 0 aromatic heterocycles. The summed E-state index contributed by atoms with van der Waals surface area (Å²) >= 11 is 0. The number of rotatable bonds is 5. The van der Waals surface area contributed by atoms with Gasteiger partial charge in [-0.15, -0.1) is 0 Å². The molecule has 2 unspecified atom stereocenters. The molecule has 0 bridgehead atoms. The first kappa shape index (κ1) is 15.7. The van der Waals surface area contributed by atoms with E-state index in [0.717, 1.165) is 0 Å². The van der Waals surface area contributed by atoms with Gasteiger partial charge in [0.25, 0.3) is 0 Å². The van der Waals surface area contributed by atoms with Gasteiger partial charge in [0.05, 0.1) is 0 Å². The van der Waals surface area contributed by atoms with Crippen molar-refractivity contribution in [2.45, 2.75) is 53.1 Å². The Morgan fingerprint density at radius 3 is 2.37 bits per heavy atom. The summed E-state index contributed by atoms with van der Waals surface area (Å²) in [6, 6.07) is -0.722. The van der Waals surface area contributed by atoms with Gasteiger partial charge >= 0.3 is 0 Å². The van der Waals surface area contributed by atoms with Gasteiger partial charge in [-0.05, 0) is 25.2 Å². The first-order valence-electron chi connectivity index (χ1n) is 7.10. The molecular weight excluding hydrogens is 240 g/mol. The van der Waals surface area contributed by atoms with Crippen LogP contribution in [0, 0.1) is 11.8 Å². The van der Waals surface area contributed by atoms with Gasteiger partial charge in [-0.1, -0.05) is 39.8 Å². The van der Waals surface area contributed by atoms with Gasteiger partial charge in [0, 0.05) is 6.54 Å². The van der Waals surface area contributed by atoms with Crippen LogP contribution >= 0.6 is 0 Å². The van der Waals surface area contributed by atoms with Crippen molar-refractivity contribution in [3.05, 3.63) is 12.2 Å². The molecule has 4 heteroatoms. The summed E-state index contributed by atoms with van der Waals surface area (Å²) in [5.41, 5.74) is 0. The summed E-state index contributed by atoms with van der Waals surface area (Å²) in [6.07, 6.45) is 4.55. The molecule has 1 heterocycles. The van der Waals surface area contributed by atoms with Crippen LogP contribution in [0.2, 0.25) is 0 Å². The monoisotopic (exact) mass is 266 g/mol. The predicted octanol–water partition coefficient (Wildman–Crippen LogP) is 1.96. The molecular formula is C15H26N2O2. The van der Waals surface area contributed by atoms with Gasteiger partial charge in [0.2, 0.25) is 11.8 Å². The fraction of sp³-hybridized carbons (Fsp3) is 0.733. The Morgan fingerprint density at radius 2 is 1.89 bits per heavy atom. The van der Waals surface area contributed by atoms with E-state index >= 15 is 0 Å². The van der Waals surface area contributed by atoms with Crippen LogP contribution in [0.4, 0.5) is 0 Å². The number of allylic oxidation sites excluding steroid dienone is 1. The van der Waals surface area contributed by atoms with Crippen molar-refractivity contribution in [2.24, 2.45) is 11.8 Å². The van der Waals surface area contributed by atoms with Gasteiger partial charge in [0.1, 0.15) is 12.1 Å². The van der Waals surface area contributed by atoms with E-state index in [4.69, 9.17) is 0 Å². The van der Waals surface area contributed by atoms with Crippen molar-refractivity contribution in [1.29, 1.82) is 0 Å². The Hall–Kier alpha value is -1.32. The van der Waals surface area contributed by atoms with Crippen LogP contribution in [0.5, 0.6) is 0 Å². The molecule has 1 aliphatic heterocycles. The minimum atomic E-state index is -0.388. The average Bonchev–Trinajstić information content (AvgIpc) is 2.32. The van der Waals surface area contributed by atoms with E-state index in [2.05, 4.69) is 19.2 Å². The third-order valence-electron chi connectivity index (χ3n) is 3.42. The van der Waals surface area contributed by atoms with Crippen molar-refractivity contribution in [2.75, 3.05) is 6.54 Å². The molecule has 19 heavy (non-hydrogen) atoms. The molecule has 1 rings (SSSR count). The second kappa shape index (κ2) is 6.73. The summed E-state index contributed by atoms with van der Waals surface area (Å²) < 4.78 is 0. The van der Waals surface area contributed by atoms with Crippen LogP contribution in [-0.4, -0.2) is 35.3 Å². The zero-order chi connectivity index (χ0) is 14.6. The Kier molecular flexibility index (Phi) is 5.58. The van der Waals surface area contributed by atoms with Crippen molar-refractivity contribution < 1.29 is 9.59 Å². The second-order valence-electron chi connectivity index (χ2n) is 5.94. The number of piperazine rings is 1. The van der Waals surface area contributed by atoms with Crippen LogP contribution in [0.1, 0.15) is 41.0 Å². The molecule has 1 fully saturated rings. The molecule has 0 spiro atoms. The summed E-state index contributed by atoms with van der Waals surface area (Å²) in [4.78, 5) is 26.4. The molecule has 0 radical (unpaired) electrons. The molecule has 2 atom stereocenters. The van der Waals surface area contributed by atoms with E-state index in [9.17, 15) is 9.59 Å². The number of carbonyl (C=O) groups is 2. The lowest BCUT2D eigenvalue weighted by molar-refractivity contribution is -0.150. The Bertz CT molecular complexity index is 361. The van der Waals surface area contributed by atoms with Crippen LogP contribution < -0.4 is 5.32 Å². The number of hydrogen-bond donors (Lipinski definition) is 1. The maximum absolute atomic E-state index is 12.5. The van der Waals surface area contributed by atoms with Crippen molar-refractivity contribution in [3.63, 3.8) is 0 Å². The molecule has 2 amide bonds. The topological polar surface area (TPSA) is 49.4 Å². The highest BCUT2D eigenvalue weighted by Crippen LogP contribution is 2.20. The minimum Gasteiger partial charge on any atom is -0.342 e. The fourth-order valence-corrected chi connectivity index (χ4v) is 2.35. The molecule has 0 aromatic carbocycles. The van der Waals surface area contributed by atoms with Crippen molar-refractivity contribution >= 4 is 11.8 Å². The molecule has 108 valence electrons. The van der Waals surface area contributed by atoms with E-state index in [0.29, 0.717) is 18.9 Å². The highest BCUT2D eigenvalue weighted by Gasteiger charge is 2.41. The Morgan fingerprint density at radius 1 is 1.26 bits per heavy atom. The minimum absolute atomic E-state index is 0.0171. The lowest BCUT2D eigenvalue weighted by atomic mass is 9.94. The molecule has 0 aromatic rings. The Balaban J connectivity index is 2.96. The summed E-state index contributed by atoms with van der Waals surface area (Å²) in [7, 11) is 0. The largest absolute Gasteiger partial charge is 0.342 e. The van der Waals surface area contributed by atoms with E-state index in [1.807, 2.05) is 32.9 Å². The number of nitrogens with one attached hydrogen (secondary N) is 1. The molecule has 0 saturated carbocycles. The van der Waals surface area contributed by atoms with Crippen molar-refractivity contribution in [3.8, 4) is 0 Å². The number of nitrogens with zero attached hydrogens (tertiary/aromatic N) is 1. The second-order valence-corrected chi connectivity index (χ2v) is 5.94. The quantitative estimate of drug-likeness (QED) is 0.773. The summed E-state index contributed by atoms with van der Waals surface area (Å²) in [5.74, 6) is 0.520. The summed E-state index contributed by atoms with van der Waals surface area (Å²) in [5, 5.41) is 2.87. The molecule has 1 aliphatic rings. The number of carbonyl (C=O) groups excluding carboxylic acids is 2. The van der Waals surface area contributed by atoms with Gasteiger partial charge in [-0.25, -0.2) is 0 Å². The van der Waals surface area contributed by atoms with E-state index in [1.165, 1.54) is 0 Å².